The smallest absolute Gasteiger partial charge is 0.0669 e. The molecule has 0 radical (unpaired) electrons. The highest BCUT2D eigenvalue weighted by atomic mass is 16.3. The summed E-state index contributed by atoms with van der Waals surface area (Å²) in [6.07, 6.45) is 6.02. The van der Waals surface area contributed by atoms with Crippen molar-refractivity contribution in [2.24, 2.45) is 22.2 Å². The third kappa shape index (κ3) is 0.827. The number of fused-ring (bicyclic) bond motifs is 5. The molecule has 1 nitrogen and oxygen atoms in total. The van der Waals surface area contributed by atoms with Gasteiger partial charge in [-0.15, -0.1) is 0 Å². The monoisotopic (exact) mass is 220 g/mol. The van der Waals surface area contributed by atoms with Crippen molar-refractivity contribution in [3.8, 4) is 0 Å². The maximum atomic E-state index is 10.7. The number of rotatable bonds is 0. The largest absolute Gasteiger partial charge is 0.392 e. The Morgan fingerprint density at radius 1 is 1.12 bits per heavy atom. The summed E-state index contributed by atoms with van der Waals surface area (Å²) in [5, 5.41) is 10.7. The minimum atomic E-state index is -0.149. The fraction of sp³-hybridized carbons (Fsp3) is 0.867. The minimum Gasteiger partial charge on any atom is -0.392 e. The van der Waals surface area contributed by atoms with Crippen molar-refractivity contribution in [3.05, 3.63) is 12.2 Å². The van der Waals surface area contributed by atoms with E-state index in [-0.39, 0.29) is 11.5 Å². The first-order valence-electron chi connectivity index (χ1n) is 6.73. The lowest BCUT2D eigenvalue weighted by Crippen LogP contribution is -2.43. The SMILES string of the molecule is C=C1CC[C@@]2(C)[C@H](O)[C@H]1[C@]1(C)CCC[C@]21C. The Morgan fingerprint density at radius 2 is 1.81 bits per heavy atom. The van der Waals surface area contributed by atoms with Crippen molar-refractivity contribution in [2.45, 2.75) is 59.0 Å². The van der Waals surface area contributed by atoms with E-state index in [2.05, 4.69) is 27.4 Å². The van der Waals surface area contributed by atoms with Gasteiger partial charge >= 0.3 is 0 Å². The fourth-order valence-corrected chi connectivity index (χ4v) is 5.52. The van der Waals surface area contributed by atoms with Crippen LogP contribution in [-0.2, 0) is 0 Å². The molecule has 0 aromatic carbocycles. The summed E-state index contributed by atoms with van der Waals surface area (Å²) in [6.45, 7) is 11.4. The van der Waals surface area contributed by atoms with Crippen molar-refractivity contribution in [3.63, 3.8) is 0 Å². The van der Waals surface area contributed by atoms with Gasteiger partial charge in [-0.3, -0.25) is 0 Å². The molecular weight excluding hydrogens is 196 g/mol. The summed E-state index contributed by atoms with van der Waals surface area (Å²) in [6, 6.07) is 0. The van der Waals surface area contributed by atoms with E-state index in [0.29, 0.717) is 16.7 Å². The minimum absolute atomic E-state index is 0.129. The van der Waals surface area contributed by atoms with Crippen LogP contribution in [-0.4, -0.2) is 11.2 Å². The molecule has 5 atom stereocenters. The van der Waals surface area contributed by atoms with Gasteiger partial charge in [0.1, 0.15) is 0 Å². The molecule has 0 aliphatic heterocycles. The molecule has 0 spiro atoms. The molecule has 90 valence electrons. The van der Waals surface area contributed by atoms with Gasteiger partial charge in [-0.05, 0) is 36.5 Å². The summed E-state index contributed by atoms with van der Waals surface area (Å²) in [5.74, 6) is 0.360. The zero-order valence-electron chi connectivity index (χ0n) is 10.8. The van der Waals surface area contributed by atoms with Crippen LogP contribution in [0.3, 0.4) is 0 Å². The van der Waals surface area contributed by atoms with Crippen LogP contribution < -0.4 is 0 Å². The second-order valence-corrected chi connectivity index (χ2v) is 7.10. The van der Waals surface area contributed by atoms with Crippen molar-refractivity contribution < 1.29 is 5.11 Å². The predicted octanol–water partition coefficient (Wildman–Crippen LogP) is 3.53. The zero-order chi connectivity index (χ0) is 11.8. The third-order valence-corrected chi connectivity index (χ3v) is 6.95. The van der Waals surface area contributed by atoms with Crippen molar-refractivity contribution in [2.75, 3.05) is 0 Å². The standard InChI is InChI=1S/C15H24O/c1-10-6-9-14(3)12(16)11(10)13(2)7-5-8-15(13,14)4/h11-12,16H,1,5-9H2,2-4H3/t11-,12+,13-,14-,15-/m0/s1. The molecular formula is C15H24O. The number of aliphatic hydroxyl groups excluding tert-OH is 1. The molecule has 0 saturated heterocycles. The Balaban J connectivity index is 2.21. The van der Waals surface area contributed by atoms with Gasteiger partial charge in [0.25, 0.3) is 0 Å². The molecule has 0 unspecified atom stereocenters. The normalized spacial score (nSPS) is 60.1. The van der Waals surface area contributed by atoms with Crippen LogP contribution in [0.2, 0.25) is 0 Å². The summed E-state index contributed by atoms with van der Waals surface area (Å²) >= 11 is 0. The molecule has 1 heteroatoms. The molecule has 1 N–H and O–H groups in total. The highest BCUT2D eigenvalue weighted by Gasteiger charge is 2.72. The van der Waals surface area contributed by atoms with Gasteiger partial charge in [-0.2, -0.15) is 0 Å². The van der Waals surface area contributed by atoms with Gasteiger partial charge in [0.2, 0.25) is 0 Å². The zero-order valence-corrected chi connectivity index (χ0v) is 10.8. The van der Waals surface area contributed by atoms with Gasteiger partial charge in [0.15, 0.2) is 0 Å². The Kier molecular flexibility index (Phi) is 1.86. The van der Waals surface area contributed by atoms with Crippen molar-refractivity contribution in [1.82, 2.24) is 0 Å². The summed E-state index contributed by atoms with van der Waals surface area (Å²) in [4.78, 5) is 0. The molecule has 3 fully saturated rings. The highest BCUT2D eigenvalue weighted by Crippen LogP contribution is 2.76. The van der Waals surface area contributed by atoms with Crippen molar-refractivity contribution in [1.29, 1.82) is 0 Å². The second kappa shape index (κ2) is 2.75. The number of aliphatic hydroxyl groups is 1. The summed E-state index contributed by atoms with van der Waals surface area (Å²) < 4.78 is 0. The molecule has 0 aromatic heterocycles. The van der Waals surface area contributed by atoms with Crippen LogP contribution in [0.1, 0.15) is 52.9 Å². The molecule has 0 aromatic rings. The number of hydrogen-bond donors (Lipinski definition) is 1. The highest BCUT2D eigenvalue weighted by molar-refractivity contribution is 5.29. The number of hydrogen-bond acceptors (Lipinski definition) is 1. The molecule has 3 aliphatic rings. The van der Waals surface area contributed by atoms with E-state index in [1.807, 2.05) is 0 Å². The third-order valence-electron chi connectivity index (χ3n) is 6.95. The van der Waals surface area contributed by atoms with Crippen LogP contribution in [0.15, 0.2) is 12.2 Å². The molecule has 2 bridgehead atoms. The first kappa shape index (κ1) is 10.8. The molecule has 0 amide bonds. The maximum absolute atomic E-state index is 10.7. The summed E-state index contributed by atoms with van der Waals surface area (Å²) in [7, 11) is 0. The first-order chi connectivity index (χ1) is 7.37. The average molecular weight is 220 g/mol. The molecule has 3 rings (SSSR count). The van der Waals surface area contributed by atoms with E-state index in [4.69, 9.17) is 0 Å². The van der Waals surface area contributed by atoms with Crippen LogP contribution >= 0.6 is 0 Å². The quantitative estimate of drug-likeness (QED) is 0.619. The predicted molar refractivity (Wildman–Crippen MR) is 66.0 cm³/mol. The van der Waals surface area contributed by atoms with Crippen LogP contribution in [0.25, 0.3) is 0 Å². The van der Waals surface area contributed by atoms with E-state index in [0.717, 1.165) is 12.8 Å². The van der Waals surface area contributed by atoms with Crippen LogP contribution in [0.4, 0.5) is 0 Å². The Morgan fingerprint density at radius 3 is 2.50 bits per heavy atom. The van der Waals surface area contributed by atoms with Crippen LogP contribution in [0, 0.1) is 22.2 Å². The van der Waals surface area contributed by atoms with Gasteiger partial charge in [0.05, 0.1) is 6.10 Å². The lowest BCUT2D eigenvalue weighted by molar-refractivity contribution is -0.0347. The van der Waals surface area contributed by atoms with Gasteiger partial charge < -0.3 is 5.11 Å². The molecule has 3 aliphatic carbocycles. The second-order valence-electron chi connectivity index (χ2n) is 7.10. The van der Waals surface area contributed by atoms with E-state index in [9.17, 15) is 5.11 Å². The average Bonchev–Trinajstić information content (AvgIpc) is 2.55. The lowest BCUT2D eigenvalue weighted by atomic mass is 9.59. The van der Waals surface area contributed by atoms with Gasteiger partial charge in [0, 0.05) is 11.3 Å². The Labute approximate surface area is 98.9 Å². The van der Waals surface area contributed by atoms with Gasteiger partial charge in [-0.1, -0.05) is 39.3 Å². The Bertz CT molecular complexity index is 360. The fourth-order valence-electron chi connectivity index (χ4n) is 5.52. The van der Waals surface area contributed by atoms with Gasteiger partial charge in [-0.25, -0.2) is 0 Å². The first-order valence-corrected chi connectivity index (χ1v) is 6.73. The summed E-state index contributed by atoms with van der Waals surface area (Å²) in [5.41, 5.74) is 2.07. The van der Waals surface area contributed by atoms with Crippen molar-refractivity contribution >= 4 is 0 Å². The Hall–Kier alpha value is -0.300. The molecule has 3 saturated carbocycles. The molecule has 0 heterocycles. The van der Waals surface area contributed by atoms with Crippen LogP contribution in [0.5, 0.6) is 0 Å². The lowest BCUT2D eigenvalue weighted by Gasteiger charge is -2.46. The maximum Gasteiger partial charge on any atom is 0.0669 e. The van der Waals surface area contributed by atoms with E-state index in [1.165, 1.54) is 24.8 Å². The van der Waals surface area contributed by atoms with E-state index >= 15 is 0 Å². The van der Waals surface area contributed by atoms with E-state index < -0.39 is 0 Å². The molecule has 16 heavy (non-hydrogen) atoms. The van der Waals surface area contributed by atoms with E-state index in [1.54, 1.807) is 0 Å². The topological polar surface area (TPSA) is 20.2 Å².